The third-order valence-corrected chi connectivity index (χ3v) is 2.79. The van der Waals surface area contributed by atoms with E-state index in [1.165, 1.54) is 0 Å². The number of benzene rings is 1. The molecule has 1 aliphatic rings. The topological polar surface area (TPSA) is 58.6 Å². The molecule has 0 bridgehead atoms. The molecule has 1 saturated carbocycles. The smallest absolute Gasteiger partial charge is 0.325 e. The summed E-state index contributed by atoms with van der Waals surface area (Å²) in [6.45, 7) is 3.90. The van der Waals surface area contributed by atoms with Gasteiger partial charge in [-0.2, -0.15) is 0 Å². The number of carboxylic acid groups (broad SMARTS) is 1. The minimum Gasteiger partial charge on any atom is -0.491 e. The van der Waals surface area contributed by atoms with E-state index in [9.17, 15) is 9.90 Å². The molecule has 4 heteroatoms. The highest BCUT2D eigenvalue weighted by molar-refractivity contribution is 5.75. The van der Waals surface area contributed by atoms with Crippen molar-refractivity contribution in [2.75, 3.05) is 0 Å². The third-order valence-electron chi connectivity index (χ3n) is 2.79. The van der Waals surface area contributed by atoms with Crippen LogP contribution in [0.1, 0.15) is 38.3 Å². The van der Waals surface area contributed by atoms with E-state index in [4.69, 9.17) is 4.74 Å². The fraction of sp³-hybridized carbons (Fsp3) is 0.500. The molecule has 1 fully saturated rings. The van der Waals surface area contributed by atoms with Crippen LogP contribution in [0.15, 0.2) is 24.3 Å². The molecule has 4 nitrogen and oxygen atoms in total. The zero-order chi connectivity index (χ0) is 13.1. The molecule has 1 aromatic carbocycles. The van der Waals surface area contributed by atoms with E-state index in [1.54, 1.807) is 6.07 Å². The highest BCUT2D eigenvalue weighted by Crippen LogP contribution is 2.26. The Bertz CT molecular complexity index is 427. The maximum atomic E-state index is 11.3. The summed E-state index contributed by atoms with van der Waals surface area (Å²) in [5.41, 5.74) is 0.743. The normalized spacial score (nSPS) is 16.6. The molecule has 1 aromatic rings. The minimum absolute atomic E-state index is 0.0833. The van der Waals surface area contributed by atoms with Crippen LogP contribution in [-0.4, -0.2) is 23.2 Å². The van der Waals surface area contributed by atoms with Gasteiger partial charge in [-0.25, -0.2) is 0 Å². The molecule has 0 saturated heterocycles. The second-order valence-corrected chi connectivity index (χ2v) is 4.95. The van der Waals surface area contributed by atoms with E-state index in [1.807, 2.05) is 32.0 Å². The lowest BCUT2D eigenvalue weighted by Crippen LogP contribution is -2.30. The molecule has 1 aliphatic carbocycles. The fourth-order valence-electron chi connectivity index (χ4n) is 1.84. The fourth-order valence-corrected chi connectivity index (χ4v) is 1.84. The Hall–Kier alpha value is -1.55. The highest BCUT2D eigenvalue weighted by Gasteiger charge is 2.29. The zero-order valence-corrected chi connectivity index (χ0v) is 10.7. The number of nitrogens with one attached hydrogen (secondary N) is 1. The molecule has 1 atom stereocenters. The van der Waals surface area contributed by atoms with Crippen molar-refractivity contribution in [3.05, 3.63) is 29.8 Å². The van der Waals surface area contributed by atoms with Gasteiger partial charge in [-0.3, -0.25) is 10.1 Å². The zero-order valence-electron chi connectivity index (χ0n) is 10.7. The second-order valence-electron chi connectivity index (χ2n) is 4.95. The van der Waals surface area contributed by atoms with Crippen LogP contribution in [0.2, 0.25) is 0 Å². The van der Waals surface area contributed by atoms with Gasteiger partial charge in [0, 0.05) is 6.04 Å². The summed E-state index contributed by atoms with van der Waals surface area (Å²) in [4.78, 5) is 11.3. The molecule has 1 unspecified atom stereocenters. The van der Waals surface area contributed by atoms with Crippen molar-refractivity contribution >= 4 is 5.97 Å². The number of carboxylic acids is 1. The van der Waals surface area contributed by atoms with E-state index in [-0.39, 0.29) is 6.10 Å². The summed E-state index contributed by atoms with van der Waals surface area (Å²) in [6.07, 6.45) is 2.21. The van der Waals surface area contributed by atoms with Crippen LogP contribution in [0.3, 0.4) is 0 Å². The molecule has 18 heavy (non-hydrogen) atoms. The molecular weight excluding hydrogens is 230 g/mol. The Morgan fingerprint density at radius 3 is 2.72 bits per heavy atom. The molecule has 0 amide bonds. The van der Waals surface area contributed by atoms with E-state index >= 15 is 0 Å². The molecule has 98 valence electrons. The van der Waals surface area contributed by atoms with Crippen LogP contribution >= 0.6 is 0 Å². The Balaban J connectivity index is 2.15. The van der Waals surface area contributed by atoms with Crippen molar-refractivity contribution in [1.82, 2.24) is 5.32 Å². The van der Waals surface area contributed by atoms with Gasteiger partial charge in [0.15, 0.2) is 0 Å². The standard InChI is InChI=1S/C14H19NO3/c1-9(2)18-12-5-3-4-10(8-12)13(14(16)17)15-11-6-7-11/h3-5,8-9,11,13,15H,6-7H2,1-2H3,(H,16,17). The molecule has 2 rings (SSSR count). The monoisotopic (exact) mass is 249 g/mol. The molecule has 2 N–H and O–H groups in total. The van der Waals surface area contributed by atoms with Gasteiger partial charge in [0.05, 0.1) is 6.10 Å². The lowest BCUT2D eigenvalue weighted by molar-refractivity contribution is -0.139. The predicted octanol–water partition coefficient (Wildman–Crippen LogP) is 2.35. The number of hydrogen-bond acceptors (Lipinski definition) is 3. The van der Waals surface area contributed by atoms with E-state index in [0.717, 1.165) is 18.4 Å². The molecule has 0 aliphatic heterocycles. The maximum absolute atomic E-state index is 11.3. The first kappa shape index (κ1) is 12.9. The summed E-state index contributed by atoms with van der Waals surface area (Å²) >= 11 is 0. The van der Waals surface area contributed by atoms with Gasteiger partial charge in [0.25, 0.3) is 0 Å². The van der Waals surface area contributed by atoms with Crippen LogP contribution in [-0.2, 0) is 4.79 Å². The van der Waals surface area contributed by atoms with Gasteiger partial charge in [0.2, 0.25) is 0 Å². The van der Waals surface area contributed by atoms with Gasteiger partial charge in [0.1, 0.15) is 11.8 Å². The van der Waals surface area contributed by atoms with Crippen molar-refractivity contribution in [2.24, 2.45) is 0 Å². The van der Waals surface area contributed by atoms with Crippen molar-refractivity contribution in [1.29, 1.82) is 0 Å². The van der Waals surface area contributed by atoms with Crippen LogP contribution in [0.25, 0.3) is 0 Å². The van der Waals surface area contributed by atoms with Gasteiger partial charge in [-0.1, -0.05) is 12.1 Å². The molecular formula is C14H19NO3. The van der Waals surface area contributed by atoms with Crippen molar-refractivity contribution in [2.45, 2.75) is 44.9 Å². The van der Waals surface area contributed by atoms with Gasteiger partial charge in [-0.05, 0) is 44.4 Å². The summed E-state index contributed by atoms with van der Waals surface area (Å²) in [6, 6.07) is 7.00. The molecule has 0 spiro atoms. The number of hydrogen-bond donors (Lipinski definition) is 2. The minimum atomic E-state index is -0.844. The molecule has 0 radical (unpaired) electrons. The van der Waals surface area contributed by atoms with Crippen molar-refractivity contribution < 1.29 is 14.6 Å². The SMILES string of the molecule is CC(C)Oc1cccc(C(NC2CC2)C(=O)O)c1. The molecule has 0 heterocycles. The number of aliphatic carboxylic acids is 1. The van der Waals surface area contributed by atoms with Crippen molar-refractivity contribution in [3.63, 3.8) is 0 Å². The maximum Gasteiger partial charge on any atom is 0.325 e. The van der Waals surface area contributed by atoms with Crippen LogP contribution in [0.5, 0.6) is 5.75 Å². The molecule has 0 aromatic heterocycles. The highest BCUT2D eigenvalue weighted by atomic mass is 16.5. The van der Waals surface area contributed by atoms with E-state index in [2.05, 4.69) is 5.32 Å². The summed E-state index contributed by atoms with van der Waals surface area (Å²) in [5, 5.41) is 12.4. The summed E-state index contributed by atoms with van der Waals surface area (Å²) in [7, 11) is 0. The Labute approximate surface area is 107 Å². The van der Waals surface area contributed by atoms with Gasteiger partial charge >= 0.3 is 5.97 Å². The van der Waals surface area contributed by atoms with Crippen LogP contribution in [0.4, 0.5) is 0 Å². The van der Waals surface area contributed by atoms with Crippen molar-refractivity contribution in [3.8, 4) is 5.75 Å². The van der Waals surface area contributed by atoms with Gasteiger partial charge < -0.3 is 9.84 Å². The lowest BCUT2D eigenvalue weighted by atomic mass is 10.1. The largest absolute Gasteiger partial charge is 0.491 e. The number of rotatable bonds is 6. The number of ether oxygens (including phenoxy) is 1. The van der Waals surface area contributed by atoms with Gasteiger partial charge in [-0.15, -0.1) is 0 Å². The average Bonchev–Trinajstić information content (AvgIpc) is 3.08. The lowest BCUT2D eigenvalue weighted by Gasteiger charge is -2.16. The first-order chi connectivity index (χ1) is 8.56. The van der Waals surface area contributed by atoms with Crippen LogP contribution < -0.4 is 10.1 Å². The first-order valence-electron chi connectivity index (χ1n) is 6.31. The summed E-state index contributed by atoms with van der Waals surface area (Å²) in [5.74, 6) is -0.130. The Kier molecular flexibility index (Phi) is 3.87. The Morgan fingerprint density at radius 2 is 2.17 bits per heavy atom. The third kappa shape index (κ3) is 3.47. The first-order valence-corrected chi connectivity index (χ1v) is 6.31. The van der Waals surface area contributed by atoms with E-state index < -0.39 is 12.0 Å². The average molecular weight is 249 g/mol. The van der Waals surface area contributed by atoms with Crippen LogP contribution in [0, 0.1) is 0 Å². The predicted molar refractivity (Wildman–Crippen MR) is 68.7 cm³/mol. The second kappa shape index (κ2) is 5.40. The number of carbonyl (C=O) groups is 1. The quantitative estimate of drug-likeness (QED) is 0.812. The Morgan fingerprint density at radius 1 is 1.44 bits per heavy atom. The van der Waals surface area contributed by atoms with E-state index in [0.29, 0.717) is 11.8 Å². The summed E-state index contributed by atoms with van der Waals surface area (Å²) < 4.78 is 5.58.